The normalized spacial score (nSPS) is 29.8. The van der Waals surface area contributed by atoms with E-state index in [9.17, 15) is 9.90 Å². The Labute approximate surface area is 112 Å². The number of nitrogens with one attached hydrogen (secondary N) is 1. The predicted octanol–water partition coefficient (Wildman–Crippen LogP) is 1.33. The number of hydrogen-bond acceptors (Lipinski definition) is 4. The molecule has 1 fully saturated rings. The summed E-state index contributed by atoms with van der Waals surface area (Å²) >= 11 is 0. The van der Waals surface area contributed by atoms with Gasteiger partial charge in [-0.1, -0.05) is 24.3 Å². The van der Waals surface area contributed by atoms with Crippen LogP contribution >= 0.6 is 0 Å². The lowest BCUT2D eigenvalue weighted by Crippen LogP contribution is -2.33. The van der Waals surface area contributed by atoms with Crippen LogP contribution in [0.5, 0.6) is 0 Å². The Balaban J connectivity index is 1.69. The number of benzene rings is 1. The lowest BCUT2D eigenvalue weighted by atomic mass is 9.89. The Morgan fingerprint density at radius 1 is 1.37 bits per heavy atom. The van der Waals surface area contributed by atoms with Crippen LogP contribution < -0.4 is 5.32 Å². The molecule has 2 aliphatic rings. The fraction of sp³-hybridized carbons (Fsp3) is 0.533. The van der Waals surface area contributed by atoms with Gasteiger partial charge in [0.1, 0.15) is 12.1 Å². The van der Waals surface area contributed by atoms with Crippen LogP contribution in [-0.4, -0.2) is 29.8 Å². The molecule has 1 heterocycles. The number of carbonyl (C=O) groups is 1. The molecule has 1 saturated heterocycles. The van der Waals surface area contributed by atoms with E-state index >= 15 is 0 Å². The molecular formula is C15H19NO3. The van der Waals surface area contributed by atoms with E-state index in [4.69, 9.17) is 4.74 Å². The van der Waals surface area contributed by atoms with Gasteiger partial charge in [-0.25, -0.2) is 0 Å². The molecule has 0 saturated carbocycles. The van der Waals surface area contributed by atoms with E-state index in [0.29, 0.717) is 13.0 Å². The molecule has 102 valence electrons. The molecular weight excluding hydrogens is 242 g/mol. The summed E-state index contributed by atoms with van der Waals surface area (Å²) in [6.07, 6.45) is 2.89. The zero-order chi connectivity index (χ0) is 13.2. The van der Waals surface area contributed by atoms with E-state index in [0.717, 1.165) is 24.8 Å². The standard InChI is InChI=1S/C15H19NO3/c17-11-8-13(16-9-11)15(18)19-14-7-3-5-10-4-1-2-6-12(10)14/h1-2,4,6,11,13-14,16-17H,3,5,7-9H2/t11?,13-,14?/m0/s1. The second-order valence-corrected chi connectivity index (χ2v) is 5.37. The Morgan fingerprint density at radius 3 is 3.00 bits per heavy atom. The highest BCUT2D eigenvalue weighted by Crippen LogP contribution is 2.32. The average molecular weight is 261 g/mol. The fourth-order valence-electron chi connectivity index (χ4n) is 2.95. The highest BCUT2D eigenvalue weighted by atomic mass is 16.5. The maximum atomic E-state index is 12.1. The second kappa shape index (κ2) is 5.31. The van der Waals surface area contributed by atoms with E-state index in [-0.39, 0.29) is 18.1 Å². The molecule has 2 N–H and O–H groups in total. The minimum Gasteiger partial charge on any atom is -0.456 e. The van der Waals surface area contributed by atoms with Crippen molar-refractivity contribution in [3.63, 3.8) is 0 Å². The molecule has 0 bridgehead atoms. The van der Waals surface area contributed by atoms with Crippen molar-refractivity contribution in [1.29, 1.82) is 0 Å². The lowest BCUT2D eigenvalue weighted by molar-refractivity contribution is -0.152. The zero-order valence-electron chi connectivity index (χ0n) is 10.8. The molecule has 1 aromatic rings. The minimum absolute atomic E-state index is 0.128. The van der Waals surface area contributed by atoms with Crippen molar-refractivity contribution >= 4 is 5.97 Å². The molecule has 2 unspecified atom stereocenters. The Hall–Kier alpha value is -1.39. The van der Waals surface area contributed by atoms with Crippen molar-refractivity contribution in [2.75, 3.05) is 6.54 Å². The van der Waals surface area contributed by atoms with E-state index in [2.05, 4.69) is 11.4 Å². The first-order valence-electron chi connectivity index (χ1n) is 6.94. The summed E-state index contributed by atoms with van der Waals surface area (Å²) in [6, 6.07) is 7.81. The van der Waals surface area contributed by atoms with E-state index in [1.54, 1.807) is 0 Å². The summed E-state index contributed by atoms with van der Waals surface area (Å²) in [5.41, 5.74) is 2.42. The Kier molecular flexibility index (Phi) is 3.53. The van der Waals surface area contributed by atoms with Crippen molar-refractivity contribution in [3.8, 4) is 0 Å². The summed E-state index contributed by atoms with van der Waals surface area (Å²) in [4.78, 5) is 12.1. The van der Waals surface area contributed by atoms with Crippen molar-refractivity contribution in [3.05, 3.63) is 35.4 Å². The summed E-state index contributed by atoms with van der Waals surface area (Å²) in [5.74, 6) is -0.238. The third-order valence-corrected chi connectivity index (χ3v) is 3.96. The number of esters is 1. The first kappa shape index (κ1) is 12.6. The van der Waals surface area contributed by atoms with Crippen LogP contribution in [0.3, 0.4) is 0 Å². The van der Waals surface area contributed by atoms with Gasteiger partial charge in [0, 0.05) is 13.0 Å². The number of hydrogen-bond donors (Lipinski definition) is 2. The Morgan fingerprint density at radius 2 is 2.21 bits per heavy atom. The summed E-state index contributed by atoms with van der Waals surface area (Å²) in [7, 11) is 0. The minimum atomic E-state index is -0.434. The molecule has 1 aliphatic carbocycles. The van der Waals surface area contributed by atoms with Crippen LogP contribution in [0.15, 0.2) is 24.3 Å². The van der Waals surface area contributed by atoms with Crippen LogP contribution in [0.2, 0.25) is 0 Å². The van der Waals surface area contributed by atoms with Crippen LogP contribution in [0.4, 0.5) is 0 Å². The monoisotopic (exact) mass is 261 g/mol. The molecule has 4 nitrogen and oxygen atoms in total. The number of fused-ring (bicyclic) bond motifs is 1. The first-order chi connectivity index (χ1) is 9.24. The molecule has 3 rings (SSSR count). The maximum Gasteiger partial charge on any atom is 0.323 e. The number of rotatable bonds is 2. The maximum absolute atomic E-state index is 12.1. The number of aliphatic hydroxyl groups excluding tert-OH is 1. The smallest absolute Gasteiger partial charge is 0.323 e. The van der Waals surface area contributed by atoms with Crippen LogP contribution in [0.1, 0.15) is 36.5 Å². The van der Waals surface area contributed by atoms with Gasteiger partial charge in [-0.3, -0.25) is 4.79 Å². The molecule has 0 radical (unpaired) electrons. The van der Waals surface area contributed by atoms with Gasteiger partial charge in [-0.05, 0) is 30.4 Å². The van der Waals surface area contributed by atoms with Crippen LogP contribution in [-0.2, 0) is 16.0 Å². The zero-order valence-corrected chi connectivity index (χ0v) is 10.8. The van der Waals surface area contributed by atoms with Gasteiger partial charge >= 0.3 is 5.97 Å². The van der Waals surface area contributed by atoms with E-state index < -0.39 is 6.10 Å². The van der Waals surface area contributed by atoms with Crippen LogP contribution in [0, 0.1) is 0 Å². The SMILES string of the molecule is O=C(OC1CCCc2ccccc21)[C@@H]1CC(O)CN1. The molecule has 19 heavy (non-hydrogen) atoms. The third kappa shape index (κ3) is 2.65. The van der Waals surface area contributed by atoms with Crippen molar-refractivity contribution < 1.29 is 14.6 Å². The van der Waals surface area contributed by atoms with Gasteiger partial charge in [-0.2, -0.15) is 0 Å². The summed E-state index contributed by atoms with van der Waals surface area (Å²) in [6.45, 7) is 0.473. The van der Waals surface area contributed by atoms with E-state index in [1.165, 1.54) is 5.56 Å². The second-order valence-electron chi connectivity index (χ2n) is 5.37. The molecule has 3 atom stereocenters. The summed E-state index contributed by atoms with van der Waals surface area (Å²) in [5, 5.41) is 12.4. The number of β-amino-alcohol motifs (C(OH)–C–C–N with tert-alkyl or cyclic N) is 1. The number of ether oxygens (including phenoxy) is 1. The van der Waals surface area contributed by atoms with E-state index in [1.807, 2.05) is 18.2 Å². The van der Waals surface area contributed by atoms with Crippen LogP contribution in [0.25, 0.3) is 0 Å². The Bertz CT molecular complexity index is 474. The number of carbonyl (C=O) groups excluding carboxylic acids is 1. The first-order valence-corrected chi connectivity index (χ1v) is 6.94. The van der Waals surface area contributed by atoms with Crippen molar-refractivity contribution in [2.24, 2.45) is 0 Å². The lowest BCUT2D eigenvalue weighted by Gasteiger charge is -2.26. The van der Waals surface area contributed by atoms with Gasteiger partial charge in [0.2, 0.25) is 0 Å². The predicted molar refractivity (Wildman–Crippen MR) is 70.6 cm³/mol. The quantitative estimate of drug-likeness (QED) is 0.789. The molecule has 0 aromatic heterocycles. The largest absolute Gasteiger partial charge is 0.456 e. The van der Waals surface area contributed by atoms with Gasteiger partial charge in [0.05, 0.1) is 6.10 Å². The number of aryl methyl sites for hydroxylation is 1. The molecule has 1 aromatic carbocycles. The van der Waals surface area contributed by atoms with Crippen molar-refractivity contribution in [2.45, 2.75) is 43.9 Å². The van der Waals surface area contributed by atoms with Crippen molar-refractivity contribution in [1.82, 2.24) is 5.32 Å². The van der Waals surface area contributed by atoms with Gasteiger partial charge in [-0.15, -0.1) is 0 Å². The van der Waals surface area contributed by atoms with Gasteiger partial charge in [0.15, 0.2) is 0 Å². The average Bonchev–Trinajstić information content (AvgIpc) is 2.86. The molecule has 4 heteroatoms. The topological polar surface area (TPSA) is 58.6 Å². The molecule has 0 amide bonds. The van der Waals surface area contributed by atoms with Gasteiger partial charge < -0.3 is 15.2 Å². The highest BCUT2D eigenvalue weighted by molar-refractivity contribution is 5.76. The third-order valence-electron chi connectivity index (χ3n) is 3.96. The molecule has 1 aliphatic heterocycles. The number of aliphatic hydroxyl groups is 1. The molecule has 0 spiro atoms. The fourth-order valence-corrected chi connectivity index (χ4v) is 2.95. The highest BCUT2D eigenvalue weighted by Gasteiger charge is 2.32. The summed E-state index contributed by atoms with van der Waals surface area (Å²) < 4.78 is 5.64. The van der Waals surface area contributed by atoms with Gasteiger partial charge in [0.25, 0.3) is 0 Å².